The predicted octanol–water partition coefficient (Wildman–Crippen LogP) is 1.50. The summed E-state index contributed by atoms with van der Waals surface area (Å²) in [6.07, 6.45) is 0. The molecule has 4 N–H and O–H groups in total. The van der Waals surface area contributed by atoms with Gasteiger partial charge in [0.05, 0.1) is 0 Å². The van der Waals surface area contributed by atoms with Crippen LogP contribution in [0.2, 0.25) is 0 Å². The van der Waals surface area contributed by atoms with E-state index >= 15 is 0 Å². The summed E-state index contributed by atoms with van der Waals surface area (Å²) in [5.74, 6) is 0.923. The first kappa shape index (κ1) is 12.4. The number of carbonyl (C=O) groups is 1. The molecule has 0 aliphatic carbocycles. The average molecular weight is 247 g/mol. The number of rotatable bonds is 5. The molecule has 0 fully saturated rings. The third-order valence-corrected chi connectivity index (χ3v) is 2.80. The Morgan fingerprint density at radius 3 is 2.89 bits per heavy atom. The number of benzene rings is 1. The van der Waals surface area contributed by atoms with Gasteiger partial charge < -0.3 is 20.8 Å². The molecule has 0 spiro atoms. The molecule has 0 unspecified atom stereocenters. The van der Waals surface area contributed by atoms with Gasteiger partial charge in [0.25, 0.3) is 0 Å². The smallest absolute Gasteiger partial charge is 0.312 e. The van der Waals surface area contributed by atoms with Gasteiger partial charge in [-0.05, 0) is 13.0 Å². The average Bonchev–Trinajstić information content (AvgIpc) is 2.65. The lowest BCUT2D eigenvalue weighted by molar-refractivity contribution is 0.249. The van der Waals surface area contributed by atoms with Crippen LogP contribution in [0.25, 0.3) is 11.0 Å². The number of hydrogen-bond acceptors (Lipinski definition) is 3. The van der Waals surface area contributed by atoms with E-state index in [1.807, 2.05) is 31.2 Å². The number of nitrogens with two attached hydrogens (primary N) is 1. The quantitative estimate of drug-likeness (QED) is 0.700. The van der Waals surface area contributed by atoms with Gasteiger partial charge >= 0.3 is 6.03 Å². The van der Waals surface area contributed by atoms with E-state index in [1.54, 1.807) is 0 Å². The summed E-state index contributed by atoms with van der Waals surface area (Å²) >= 11 is 0. The molecule has 1 aromatic carbocycles. The van der Waals surface area contributed by atoms with Crippen molar-refractivity contribution in [3.8, 4) is 0 Å². The van der Waals surface area contributed by atoms with Crippen LogP contribution in [-0.2, 0) is 6.54 Å². The minimum Gasteiger partial charge on any atom is -0.461 e. The monoisotopic (exact) mass is 247 g/mol. The second-order valence-electron chi connectivity index (χ2n) is 4.10. The SMILES string of the molecule is Cc1oc2ccccc2c1CNCCNC(N)=O. The van der Waals surface area contributed by atoms with Gasteiger partial charge in [0.2, 0.25) is 0 Å². The maximum absolute atomic E-state index is 10.5. The van der Waals surface area contributed by atoms with E-state index in [9.17, 15) is 4.79 Å². The molecule has 0 saturated heterocycles. The summed E-state index contributed by atoms with van der Waals surface area (Å²) in [5.41, 5.74) is 7.04. The molecule has 0 aliphatic heterocycles. The number of fused-ring (bicyclic) bond motifs is 1. The lowest BCUT2D eigenvalue weighted by Gasteiger charge is -2.04. The van der Waals surface area contributed by atoms with Gasteiger partial charge in [-0.2, -0.15) is 0 Å². The van der Waals surface area contributed by atoms with Crippen molar-refractivity contribution in [1.29, 1.82) is 0 Å². The number of urea groups is 1. The normalized spacial score (nSPS) is 10.7. The van der Waals surface area contributed by atoms with Gasteiger partial charge in [-0.25, -0.2) is 4.79 Å². The molecule has 5 nitrogen and oxygen atoms in total. The second-order valence-corrected chi connectivity index (χ2v) is 4.10. The van der Waals surface area contributed by atoms with E-state index in [2.05, 4.69) is 10.6 Å². The van der Waals surface area contributed by atoms with E-state index in [-0.39, 0.29) is 0 Å². The third-order valence-electron chi connectivity index (χ3n) is 2.80. The van der Waals surface area contributed by atoms with Crippen molar-refractivity contribution in [3.63, 3.8) is 0 Å². The summed E-state index contributed by atoms with van der Waals surface area (Å²) in [5, 5.41) is 6.91. The first-order valence-corrected chi connectivity index (χ1v) is 5.89. The molecule has 18 heavy (non-hydrogen) atoms. The van der Waals surface area contributed by atoms with Crippen LogP contribution in [0, 0.1) is 6.92 Å². The van der Waals surface area contributed by atoms with Crippen LogP contribution >= 0.6 is 0 Å². The number of hydrogen-bond donors (Lipinski definition) is 3. The van der Waals surface area contributed by atoms with Crippen molar-refractivity contribution in [1.82, 2.24) is 10.6 Å². The van der Waals surface area contributed by atoms with Gasteiger partial charge in [0.15, 0.2) is 0 Å². The molecule has 2 aromatic rings. The highest BCUT2D eigenvalue weighted by Gasteiger charge is 2.09. The highest BCUT2D eigenvalue weighted by Crippen LogP contribution is 2.24. The van der Waals surface area contributed by atoms with E-state index in [1.165, 1.54) is 0 Å². The Morgan fingerprint density at radius 2 is 2.11 bits per heavy atom. The fourth-order valence-corrected chi connectivity index (χ4v) is 1.93. The highest BCUT2D eigenvalue weighted by molar-refractivity contribution is 5.82. The van der Waals surface area contributed by atoms with Gasteiger partial charge in [0.1, 0.15) is 11.3 Å². The second kappa shape index (κ2) is 5.55. The van der Waals surface area contributed by atoms with Crippen molar-refractivity contribution in [2.24, 2.45) is 5.73 Å². The number of amides is 2. The van der Waals surface area contributed by atoms with Crippen LogP contribution in [0.5, 0.6) is 0 Å². The molecule has 96 valence electrons. The Kier molecular flexibility index (Phi) is 3.84. The summed E-state index contributed by atoms with van der Waals surface area (Å²) < 4.78 is 5.66. The lowest BCUT2D eigenvalue weighted by Crippen LogP contribution is -2.35. The standard InChI is InChI=1S/C13H17N3O2/c1-9-11(8-15-6-7-16-13(14)17)10-4-2-3-5-12(10)18-9/h2-5,15H,6-8H2,1H3,(H3,14,16,17). The molecule has 2 rings (SSSR count). The molecular formula is C13H17N3O2. The van der Waals surface area contributed by atoms with Crippen molar-refractivity contribution < 1.29 is 9.21 Å². The molecule has 0 radical (unpaired) electrons. The zero-order chi connectivity index (χ0) is 13.0. The molecular weight excluding hydrogens is 230 g/mol. The number of furan rings is 1. The maximum atomic E-state index is 10.5. The Labute approximate surface area is 105 Å². The number of aryl methyl sites for hydroxylation is 1. The molecule has 0 bridgehead atoms. The van der Waals surface area contributed by atoms with Crippen LogP contribution in [0.4, 0.5) is 4.79 Å². The Morgan fingerprint density at radius 1 is 1.33 bits per heavy atom. The first-order chi connectivity index (χ1) is 8.68. The zero-order valence-corrected chi connectivity index (χ0v) is 10.3. The van der Waals surface area contributed by atoms with Crippen molar-refractivity contribution in [2.75, 3.05) is 13.1 Å². The van der Waals surface area contributed by atoms with Gasteiger partial charge in [0, 0.05) is 30.6 Å². The minimum atomic E-state index is -0.498. The van der Waals surface area contributed by atoms with E-state index in [0.29, 0.717) is 19.6 Å². The topological polar surface area (TPSA) is 80.3 Å². The van der Waals surface area contributed by atoms with Crippen LogP contribution in [0.1, 0.15) is 11.3 Å². The van der Waals surface area contributed by atoms with Gasteiger partial charge in [-0.3, -0.25) is 0 Å². The molecule has 2 amide bonds. The van der Waals surface area contributed by atoms with Gasteiger partial charge in [-0.15, -0.1) is 0 Å². The Bertz CT molecular complexity index is 548. The first-order valence-electron chi connectivity index (χ1n) is 5.89. The maximum Gasteiger partial charge on any atom is 0.312 e. The number of carbonyl (C=O) groups excluding carboxylic acids is 1. The number of para-hydroxylation sites is 1. The largest absolute Gasteiger partial charge is 0.461 e. The molecule has 1 aromatic heterocycles. The van der Waals surface area contributed by atoms with Crippen molar-refractivity contribution in [2.45, 2.75) is 13.5 Å². The number of nitrogens with one attached hydrogen (secondary N) is 2. The van der Waals surface area contributed by atoms with E-state index in [4.69, 9.17) is 10.2 Å². The predicted molar refractivity (Wildman–Crippen MR) is 70.2 cm³/mol. The van der Waals surface area contributed by atoms with Gasteiger partial charge in [-0.1, -0.05) is 18.2 Å². The van der Waals surface area contributed by atoms with E-state index in [0.717, 1.165) is 22.3 Å². The molecule has 1 heterocycles. The van der Waals surface area contributed by atoms with Crippen LogP contribution in [0.15, 0.2) is 28.7 Å². The fraction of sp³-hybridized carbons (Fsp3) is 0.308. The molecule has 5 heteroatoms. The van der Waals surface area contributed by atoms with Crippen LogP contribution in [-0.4, -0.2) is 19.1 Å². The minimum absolute atomic E-state index is 0.498. The lowest BCUT2D eigenvalue weighted by atomic mass is 10.1. The summed E-state index contributed by atoms with van der Waals surface area (Å²) in [7, 11) is 0. The molecule has 0 atom stereocenters. The summed E-state index contributed by atoms with van der Waals surface area (Å²) in [6, 6.07) is 7.46. The molecule has 0 saturated carbocycles. The molecule has 0 aliphatic rings. The van der Waals surface area contributed by atoms with Crippen molar-refractivity contribution >= 4 is 17.0 Å². The third kappa shape index (κ3) is 2.81. The van der Waals surface area contributed by atoms with Crippen LogP contribution in [0.3, 0.4) is 0 Å². The number of primary amides is 1. The van der Waals surface area contributed by atoms with Crippen molar-refractivity contribution in [3.05, 3.63) is 35.6 Å². The van der Waals surface area contributed by atoms with Crippen LogP contribution < -0.4 is 16.4 Å². The zero-order valence-electron chi connectivity index (χ0n) is 10.3. The highest BCUT2D eigenvalue weighted by atomic mass is 16.3. The van der Waals surface area contributed by atoms with E-state index < -0.39 is 6.03 Å². The Hall–Kier alpha value is -2.01. The summed E-state index contributed by atoms with van der Waals surface area (Å²) in [4.78, 5) is 10.5. The summed E-state index contributed by atoms with van der Waals surface area (Å²) in [6.45, 7) is 3.86. The fourth-order valence-electron chi connectivity index (χ4n) is 1.93. The Balaban J connectivity index is 1.95.